The maximum absolute atomic E-state index is 12.7. The zero-order chi connectivity index (χ0) is 40.8. The smallest absolute Gasteiger partial charge is 0.306 e. The molecule has 0 radical (unpaired) electrons. The lowest BCUT2D eigenvalue weighted by Crippen LogP contribution is -2.30. The van der Waals surface area contributed by atoms with Crippen LogP contribution in [-0.4, -0.2) is 37.2 Å². The Morgan fingerprint density at radius 1 is 0.357 bits per heavy atom. The Labute approximate surface area is 346 Å². The van der Waals surface area contributed by atoms with Crippen LogP contribution in [0.2, 0.25) is 0 Å². The first-order chi connectivity index (χ1) is 27.5. The Balaban J connectivity index is 4.30. The minimum Gasteiger partial charge on any atom is -0.462 e. The van der Waals surface area contributed by atoms with Crippen LogP contribution >= 0.6 is 0 Å². The highest BCUT2D eigenvalue weighted by molar-refractivity contribution is 5.71. The van der Waals surface area contributed by atoms with Gasteiger partial charge < -0.3 is 14.2 Å². The molecule has 0 amide bonds. The van der Waals surface area contributed by atoms with Crippen molar-refractivity contribution < 1.29 is 28.6 Å². The van der Waals surface area contributed by atoms with E-state index in [9.17, 15) is 14.4 Å². The van der Waals surface area contributed by atoms with Crippen molar-refractivity contribution in [2.75, 3.05) is 13.2 Å². The van der Waals surface area contributed by atoms with Gasteiger partial charge in [0.25, 0.3) is 0 Å². The molecule has 0 fully saturated rings. The van der Waals surface area contributed by atoms with Crippen molar-refractivity contribution in [3.05, 3.63) is 36.5 Å². The lowest BCUT2D eigenvalue weighted by atomic mass is 10.1. The first-order valence-corrected chi connectivity index (χ1v) is 24.0. The standard InChI is InChI=1S/C50H90O6/c1-4-7-10-13-16-19-21-22-23-24-25-26-27-29-31-34-37-40-43-49(52)55-46-47(45-54-48(51)42-39-36-33-30-18-15-12-9-6-3)56-50(53)44-41-38-35-32-28-20-17-14-11-8-5-2/h14,17,19,21,23-24,47H,4-13,15-16,18,20,22,25-46H2,1-3H3/b17-14-,21-19-,24-23-. The zero-order valence-corrected chi connectivity index (χ0v) is 37.2. The van der Waals surface area contributed by atoms with Gasteiger partial charge in [-0.3, -0.25) is 14.4 Å². The molecule has 326 valence electrons. The van der Waals surface area contributed by atoms with E-state index in [0.717, 1.165) is 83.5 Å². The molecule has 6 heteroatoms. The largest absolute Gasteiger partial charge is 0.462 e. The van der Waals surface area contributed by atoms with Gasteiger partial charge in [0.2, 0.25) is 0 Å². The van der Waals surface area contributed by atoms with E-state index in [1.165, 1.54) is 122 Å². The number of ether oxygens (including phenoxy) is 3. The van der Waals surface area contributed by atoms with Gasteiger partial charge in [-0.25, -0.2) is 0 Å². The van der Waals surface area contributed by atoms with Crippen molar-refractivity contribution in [2.24, 2.45) is 0 Å². The normalized spacial score (nSPS) is 12.3. The molecule has 56 heavy (non-hydrogen) atoms. The van der Waals surface area contributed by atoms with Crippen LogP contribution in [0.25, 0.3) is 0 Å². The number of esters is 3. The van der Waals surface area contributed by atoms with Gasteiger partial charge in [0.1, 0.15) is 13.2 Å². The Bertz CT molecular complexity index is 953. The van der Waals surface area contributed by atoms with E-state index in [1.54, 1.807) is 0 Å². The molecule has 0 spiro atoms. The topological polar surface area (TPSA) is 78.9 Å². The van der Waals surface area contributed by atoms with Gasteiger partial charge in [0.05, 0.1) is 0 Å². The van der Waals surface area contributed by atoms with Gasteiger partial charge in [0.15, 0.2) is 6.10 Å². The highest BCUT2D eigenvalue weighted by atomic mass is 16.6. The van der Waals surface area contributed by atoms with Gasteiger partial charge in [-0.2, -0.15) is 0 Å². The fourth-order valence-electron chi connectivity index (χ4n) is 6.69. The summed E-state index contributed by atoms with van der Waals surface area (Å²) in [7, 11) is 0. The number of hydrogen-bond acceptors (Lipinski definition) is 6. The Morgan fingerprint density at radius 3 is 1.07 bits per heavy atom. The SMILES string of the molecule is CCCC/C=C\CCCCCCCC(=O)OC(COC(=O)CCCCCCCCC/C=C\C/C=C\CCCCCC)COC(=O)CCCCCCCCCCC. The number of unbranched alkanes of at least 4 members (excludes halogenated alkanes) is 26. The molecular weight excluding hydrogens is 697 g/mol. The minimum atomic E-state index is -0.773. The summed E-state index contributed by atoms with van der Waals surface area (Å²) in [5, 5.41) is 0. The Kier molecular flexibility index (Phi) is 43.4. The molecule has 0 aliphatic carbocycles. The second-order valence-electron chi connectivity index (χ2n) is 16.0. The van der Waals surface area contributed by atoms with Gasteiger partial charge in [0, 0.05) is 19.3 Å². The monoisotopic (exact) mass is 787 g/mol. The van der Waals surface area contributed by atoms with Crippen LogP contribution in [0.4, 0.5) is 0 Å². The molecule has 0 heterocycles. The predicted molar refractivity (Wildman–Crippen MR) is 238 cm³/mol. The van der Waals surface area contributed by atoms with E-state index in [1.807, 2.05) is 0 Å². The van der Waals surface area contributed by atoms with E-state index in [0.29, 0.717) is 19.3 Å². The molecular formula is C50H90O6. The molecule has 6 nitrogen and oxygen atoms in total. The fourth-order valence-corrected chi connectivity index (χ4v) is 6.69. The molecule has 1 atom stereocenters. The van der Waals surface area contributed by atoms with E-state index >= 15 is 0 Å². The van der Waals surface area contributed by atoms with E-state index in [4.69, 9.17) is 14.2 Å². The zero-order valence-electron chi connectivity index (χ0n) is 37.2. The summed E-state index contributed by atoms with van der Waals surface area (Å²) >= 11 is 0. The van der Waals surface area contributed by atoms with Gasteiger partial charge in [-0.05, 0) is 70.6 Å². The fraction of sp³-hybridized carbons (Fsp3) is 0.820. The van der Waals surface area contributed by atoms with Crippen LogP contribution in [0.3, 0.4) is 0 Å². The van der Waals surface area contributed by atoms with Gasteiger partial charge in [-0.1, -0.05) is 192 Å². The summed E-state index contributed by atoms with van der Waals surface area (Å²) in [6, 6.07) is 0. The molecule has 0 aromatic rings. The summed E-state index contributed by atoms with van der Waals surface area (Å²) < 4.78 is 16.7. The molecule has 0 aromatic carbocycles. The first kappa shape index (κ1) is 53.6. The average molecular weight is 787 g/mol. The van der Waals surface area contributed by atoms with Crippen LogP contribution in [0.5, 0.6) is 0 Å². The quantitative estimate of drug-likeness (QED) is 0.0265. The van der Waals surface area contributed by atoms with Crippen molar-refractivity contribution in [3.63, 3.8) is 0 Å². The second-order valence-corrected chi connectivity index (χ2v) is 16.0. The third kappa shape index (κ3) is 42.8. The van der Waals surface area contributed by atoms with Gasteiger partial charge >= 0.3 is 17.9 Å². The average Bonchev–Trinajstić information content (AvgIpc) is 3.19. The van der Waals surface area contributed by atoms with Crippen LogP contribution in [0, 0.1) is 0 Å². The lowest BCUT2D eigenvalue weighted by Gasteiger charge is -2.18. The molecule has 0 bridgehead atoms. The number of carbonyl (C=O) groups is 3. The van der Waals surface area contributed by atoms with Crippen molar-refractivity contribution in [1.29, 1.82) is 0 Å². The second kappa shape index (κ2) is 45.3. The molecule has 0 aliphatic rings. The highest BCUT2D eigenvalue weighted by Crippen LogP contribution is 2.14. The predicted octanol–water partition coefficient (Wildman–Crippen LogP) is 15.4. The maximum Gasteiger partial charge on any atom is 0.306 e. The summed E-state index contributed by atoms with van der Waals surface area (Å²) in [6.07, 6.45) is 51.3. The van der Waals surface area contributed by atoms with E-state index < -0.39 is 6.10 Å². The third-order valence-corrected chi connectivity index (χ3v) is 10.4. The lowest BCUT2D eigenvalue weighted by molar-refractivity contribution is -0.167. The van der Waals surface area contributed by atoms with Crippen LogP contribution in [-0.2, 0) is 28.6 Å². The molecule has 0 saturated heterocycles. The number of rotatable bonds is 43. The highest BCUT2D eigenvalue weighted by Gasteiger charge is 2.19. The van der Waals surface area contributed by atoms with Crippen LogP contribution in [0.15, 0.2) is 36.5 Å². The first-order valence-electron chi connectivity index (χ1n) is 24.0. The van der Waals surface area contributed by atoms with Crippen molar-refractivity contribution in [1.82, 2.24) is 0 Å². The van der Waals surface area contributed by atoms with E-state index in [-0.39, 0.29) is 31.1 Å². The molecule has 0 rings (SSSR count). The van der Waals surface area contributed by atoms with Gasteiger partial charge in [-0.15, -0.1) is 0 Å². The van der Waals surface area contributed by atoms with E-state index in [2.05, 4.69) is 57.2 Å². The third-order valence-electron chi connectivity index (χ3n) is 10.4. The molecule has 0 aromatic heterocycles. The van der Waals surface area contributed by atoms with Crippen molar-refractivity contribution in [3.8, 4) is 0 Å². The number of allylic oxidation sites excluding steroid dienone is 6. The molecule has 1 unspecified atom stereocenters. The molecule has 0 N–H and O–H groups in total. The number of hydrogen-bond donors (Lipinski definition) is 0. The minimum absolute atomic E-state index is 0.0763. The maximum atomic E-state index is 12.7. The summed E-state index contributed by atoms with van der Waals surface area (Å²) in [5.74, 6) is -0.893. The van der Waals surface area contributed by atoms with Crippen LogP contribution < -0.4 is 0 Å². The molecule has 0 saturated carbocycles. The number of carbonyl (C=O) groups excluding carboxylic acids is 3. The van der Waals surface area contributed by atoms with Crippen molar-refractivity contribution >= 4 is 17.9 Å². The van der Waals surface area contributed by atoms with Crippen molar-refractivity contribution in [2.45, 2.75) is 252 Å². The Morgan fingerprint density at radius 2 is 0.661 bits per heavy atom. The molecule has 0 aliphatic heterocycles. The van der Waals surface area contributed by atoms with Crippen LogP contribution in [0.1, 0.15) is 245 Å². The summed E-state index contributed by atoms with van der Waals surface area (Å²) in [6.45, 7) is 6.55. The summed E-state index contributed by atoms with van der Waals surface area (Å²) in [5.41, 5.74) is 0. The Hall–Kier alpha value is -2.37. The summed E-state index contributed by atoms with van der Waals surface area (Å²) in [4.78, 5) is 37.7.